The Kier molecular flexibility index (Phi) is 5.09. The molecule has 18 heavy (non-hydrogen) atoms. The molecule has 1 heterocycles. The van der Waals surface area contributed by atoms with E-state index in [1.807, 2.05) is 4.90 Å². The van der Waals surface area contributed by atoms with Gasteiger partial charge in [0.15, 0.2) is 0 Å². The van der Waals surface area contributed by atoms with Crippen molar-refractivity contribution in [2.24, 2.45) is 11.7 Å². The van der Waals surface area contributed by atoms with E-state index in [0.717, 1.165) is 0 Å². The van der Waals surface area contributed by atoms with Crippen LogP contribution < -0.4 is 10.6 Å². The predicted octanol–water partition coefficient (Wildman–Crippen LogP) is 1.08. The summed E-state index contributed by atoms with van der Waals surface area (Å²) >= 11 is 0. The number of primary amides is 1. The average molecular weight is 251 g/mol. The summed E-state index contributed by atoms with van der Waals surface area (Å²) in [5.41, 5.74) is 5.97. The van der Waals surface area contributed by atoms with Crippen LogP contribution in [0.15, 0.2) is 18.3 Å². The number of anilines is 1. The molecule has 1 aromatic heterocycles. The number of pyridine rings is 1. The summed E-state index contributed by atoms with van der Waals surface area (Å²) < 4.78 is 0. The lowest BCUT2D eigenvalue weighted by atomic mass is 10.1. The Bertz CT molecular complexity index is 405. The number of carbonyl (C=O) groups is 1. The maximum absolute atomic E-state index is 11.1. The average Bonchev–Trinajstić information content (AvgIpc) is 2.26. The number of amides is 1. The zero-order valence-electron chi connectivity index (χ0n) is 11.1. The highest BCUT2D eigenvalue weighted by atomic mass is 16.3. The van der Waals surface area contributed by atoms with E-state index < -0.39 is 12.0 Å². The molecule has 1 amide bonds. The van der Waals surface area contributed by atoms with E-state index in [2.05, 4.69) is 18.8 Å². The van der Waals surface area contributed by atoms with Gasteiger partial charge >= 0.3 is 0 Å². The molecule has 0 aromatic carbocycles. The van der Waals surface area contributed by atoms with Gasteiger partial charge in [0, 0.05) is 18.3 Å². The van der Waals surface area contributed by atoms with Crippen molar-refractivity contribution < 1.29 is 9.90 Å². The van der Waals surface area contributed by atoms with Gasteiger partial charge in [0.1, 0.15) is 5.82 Å². The van der Waals surface area contributed by atoms with Gasteiger partial charge in [0.05, 0.1) is 12.6 Å². The number of aliphatic hydroxyl groups excluding tert-OH is 1. The van der Waals surface area contributed by atoms with Crippen molar-refractivity contribution in [3.8, 4) is 0 Å². The molecule has 0 aliphatic rings. The second kappa shape index (κ2) is 6.35. The molecule has 0 spiro atoms. The Balaban J connectivity index is 3.07. The highest BCUT2D eigenvalue weighted by Gasteiger charge is 2.18. The third-order valence-corrected chi connectivity index (χ3v) is 2.50. The van der Waals surface area contributed by atoms with E-state index in [-0.39, 0.29) is 6.54 Å². The van der Waals surface area contributed by atoms with Crippen molar-refractivity contribution in [3.63, 3.8) is 0 Å². The van der Waals surface area contributed by atoms with Crippen LogP contribution in [-0.4, -0.2) is 29.1 Å². The van der Waals surface area contributed by atoms with Gasteiger partial charge in [-0.2, -0.15) is 0 Å². The Labute approximate surface area is 108 Å². The fourth-order valence-corrected chi connectivity index (χ4v) is 1.85. The summed E-state index contributed by atoms with van der Waals surface area (Å²) in [6.45, 7) is 6.56. The van der Waals surface area contributed by atoms with Crippen molar-refractivity contribution in [2.75, 3.05) is 18.0 Å². The molecule has 5 nitrogen and oxygen atoms in total. The standard InChI is InChI=1S/C13H21N3O2/c1-9(2)7-16(8-12(14)18)13-11(10(3)17)5-4-6-15-13/h4-6,9-10,17H,7-8H2,1-3H3,(H2,14,18). The first-order valence-corrected chi connectivity index (χ1v) is 6.08. The zero-order valence-corrected chi connectivity index (χ0v) is 11.1. The largest absolute Gasteiger partial charge is 0.389 e. The molecule has 3 N–H and O–H groups in total. The first-order valence-electron chi connectivity index (χ1n) is 6.08. The van der Waals surface area contributed by atoms with Crippen LogP contribution >= 0.6 is 0 Å². The summed E-state index contributed by atoms with van der Waals surface area (Å²) in [7, 11) is 0. The number of nitrogens with two attached hydrogens (primary N) is 1. The van der Waals surface area contributed by atoms with Crippen LogP contribution in [0, 0.1) is 5.92 Å². The molecule has 0 radical (unpaired) electrons. The van der Waals surface area contributed by atoms with E-state index in [4.69, 9.17) is 5.73 Å². The Morgan fingerprint density at radius 1 is 1.50 bits per heavy atom. The summed E-state index contributed by atoms with van der Waals surface area (Å²) in [6, 6.07) is 3.57. The van der Waals surface area contributed by atoms with E-state index in [9.17, 15) is 9.90 Å². The van der Waals surface area contributed by atoms with Crippen LogP contribution in [0.1, 0.15) is 32.4 Å². The molecule has 1 aromatic rings. The number of aromatic nitrogens is 1. The first kappa shape index (κ1) is 14.4. The SMILES string of the molecule is CC(C)CN(CC(N)=O)c1ncccc1C(C)O. The van der Waals surface area contributed by atoms with E-state index in [1.54, 1.807) is 25.3 Å². The lowest BCUT2D eigenvalue weighted by Crippen LogP contribution is -2.37. The lowest BCUT2D eigenvalue weighted by molar-refractivity contribution is -0.116. The van der Waals surface area contributed by atoms with Crippen molar-refractivity contribution in [3.05, 3.63) is 23.9 Å². The third-order valence-electron chi connectivity index (χ3n) is 2.50. The van der Waals surface area contributed by atoms with Crippen LogP contribution in [-0.2, 0) is 4.79 Å². The lowest BCUT2D eigenvalue weighted by Gasteiger charge is -2.26. The van der Waals surface area contributed by atoms with Gasteiger partial charge in [-0.05, 0) is 18.9 Å². The van der Waals surface area contributed by atoms with E-state index in [0.29, 0.717) is 23.8 Å². The summed E-state index contributed by atoms with van der Waals surface area (Å²) in [6.07, 6.45) is 1.02. The highest BCUT2D eigenvalue weighted by Crippen LogP contribution is 2.24. The number of rotatable bonds is 6. The van der Waals surface area contributed by atoms with Gasteiger partial charge < -0.3 is 15.7 Å². The number of nitrogens with zero attached hydrogens (tertiary/aromatic N) is 2. The Morgan fingerprint density at radius 2 is 2.17 bits per heavy atom. The fraction of sp³-hybridized carbons (Fsp3) is 0.538. The van der Waals surface area contributed by atoms with Gasteiger partial charge in [-0.15, -0.1) is 0 Å². The smallest absolute Gasteiger partial charge is 0.236 e. The summed E-state index contributed by atoms with van der Waals surface area (Å²) in [5, 5.41) is 9.74. The first-order chi connectivity index (χ1) is 8.41. The van der Waals surface area contributed by atoms with E-state index in [1.165, 1.54) is 0 Å². The van der Waals surface area contributed by atoms with Crippen LogP contribution in [0.5, 0.6) is 0 Å². The molecule has 1 unspecified atom stereocenters. The van der Waals surface area contributed by atoms with Crippen LogP contribution in [0.3, 0.4) is 0 Å². The van der Waals surface area contributed by atoms with Gasteiger partial charge in [-0.25, -0.2) is 4.98 Å². The number of hydrogen-bond donors (Lipinski definition) is 2. The normalized spacial score (nSPS) is 12.5. The monoisotopic (exact) mass is 251 g/mol. The van der Waals surface area contributed by atoms with Crippen molar-refractivity contribution >= 4 is 11.7 Å². The molecule has 1 rings (SSSR count). The Morgan fingerprint density at radius 3 is 2.67 bits per heavy atom. The van der Waals surface area contributed by atoms with Gasteiger partial charge in [0.25, 0.3) is 0 Å². The summed E-state index contributed by atoms with van der Waals surface area (Å²) in [4.78, 5) is 17.2. The molecule has 100 valence electrons. The van der Waals surface area contributed by atoms with Crippen LogP contribution in [0.2, 0.25) is 0 Å². The number of hydrogen-bond acceptors (Lipinski definition) is 4. The number of aliphatic hydroxyl groups is 1. The quantitative estimate of drug-likeness (QED) is 0.793. The number of carbonyl (C=O) groups excluding carboxylic acids is 1. The molecule has 0 aliphatic heterocycles. The Hall–Kier alpha value is -1.62. The molecule has 0 saturated heterocycles. The maximum Gasteiger partial charge on any atom is 0.236 e. The minimum Gasteiger partial charge on any atom is -0.389 e. The van der Waals surface area contributed by atoms with Gasteiger partial charge in [0.2, 0.25) is 5.91 Å². The zero-order chi connectivity index (χ0) is 13.7. The molecular weight excluding hydrogens is 230 g/mol. The molecule has 0 bridgehead atoms. The fourth-order valence-electron chi connectivity index (χ4n) is 1.85. The minimum atomic E-state index is -0.628. The molecular formula is C13H21N3O2. The highest BCUT2D eigenvalue weighted by molar-refractivity contribution is 5.79. The topological polar surface area (TPSA) is 79.5 Å². The van der Waals surface area contributed by atoms with Crippen molar-refractivity contribution in [1.82, 2.24) is 4.98 Å². The molecule has 5 heteroatoms. The molecule has 1 atom stereocenters. The molecule has 0 saturated carbocycles. The third kappa shape index (κ3) is 4.00. The molecule has 0 fully saturated rings. The van der Waals surface area contributed by atoms with Gasteiger partial charge in [-0.3, -0.25) is 4.79 Å². The summed E-state index contributed by atoms with van der Waals surface area (Å²) in [5.74, 6) is 0.589. The second-order valence-corrected chi connectivity index (χ2v) is 4.83. The molecule has 0 aliphatic carbocycles. The van der Waals surface area contributed by atoms with Gasteiger partial charge in [-0.1, -0.05) is 19.9 Å². The second-order valence-electron chi connectivity index (χ2n) is 4.83. The predicted molar refractivity (Wildman–Crippen MR) is 71.1 cm³/mol. The van der Waals surface area contributed by atoms with E-state index >= 15 is 0 Å². The minimum absolute atomic E-state index is 0.106. The van der Waals surface area contributed by atoms with Crippen molar-refractivity contribution in [2.45, 2.75) is 26.9 Å². The van der Waals surface area contributed by atoms with Crippen molar-refractivity contribution in [1.29, 1.82) is 0 Å². The maximum atomic E-state index is 11.1. The van der Waals surface area contributed by atoms with Crippen LogP contribution in [0.4, 0.5) is 5.82 Å². The van der Waals surface area contributed by atoms with Crippen LogP contribution in [0.25, 0.3) is 0 Å².